The van der Waals surface area contributed by atoms with Gasteiger partial charge in [-0.1, -0.05) is 42.0 Å². The summed E-state index contributed by atoms with van der Waals surface area (Å²) in [5.41, 5.74) is 4.83. The van der Waals surface area contributed by atoms with Crippen LogP contribution in [-0.4, -0.2) is 11.1 Å². The third kappa shape index (κ3) is 2.30. The van der Waals surface area contributed by atoms with E-state index in [-0.39, 0.29) is 6.42 Å². The predicted molar refractivity (Wildman–Crippen MR) is 77.7 cm³/mol. The summed E-state index contributed by atoms with van der Waals surface area (Å²) in [5.74, 6) is -0.852. The predicted octanol–water partition coefficient (Wildman–Crippen LogP) is 4.04. The summed E-state index contributed by atoms with van der Waals surface area (Å²) in [4.78, 5) is 10.8. The number of carboxylic acid groups (broad SMARTS) is 1. The highest BCUT2D eigenvalue weighted by Gasteiger charge is 2.10. The monoisotopic (exact) mass is 266 g/mol. The molecule has 0 unspecified atom stereocenters. The minimum atomic E-state index is -0.852. The van der Waals surface area contributed by atoms with Gasteiger partial charge >= 0.3 is 5.97 Å². The molecule has 0 amide bonds. The second-order valence-electron chi connectivity index (χ2n) is 4.91. The van der Waals surface area contributed by atoms with E-state index >= 15 is 0 Å². The van der Waals surface area contributed by atoms with Gasteiger partial charge < -0.3 is 9.52 Å². The van der Waals surface area contributed by atoms with Crippen LogP contribution in [0.2, 0.25) is 0 Å². The standard InChI is InChI=1S/C17H14O3/c1-11-2-4-12(5-3-11)13-6-7-15-14(9-17(18)19)10-20-16(15)8-13/h2-8,10H,9H2,1H3,(H,18,19). The molecule has 100 valence electrons. The van der Waals surface area contributed by atoms with Gasteiger partial charge in [-0.3, -0.25) is 4.79 Å². The molecular weight excluding hydrogens is 252 g/mol. The van der Waals surface area contributed by atoms with Crippen molar-refractivity contribution in [1.82, 2.24) is 0 Å². The minimum Gasteiger partial charge on any atom is -0.481 e. The summed E-state index contributed by atoms with van der Waals surface area (Å²) in [7, 11) is 0. The molecule has 0 radical (unpaired) electrons. The lowest BCUT2D eigenvalue weighted by atomic mass is 10.0. The van der Waals surface area contributed by atoms with Crippen LogP contribution in [0.25, 0.3) is 22.1 Å². The summed E-state index contributed by atoms with van der Waals surface area (Å²) in [5, 5.41) is 9.73. The fourth-order valence-corrected chi connectivity index (χ4v) is 2.31. The third-order valence-electron chi connectivity index (χ3n) is 3.38. The van der Waals surface area contributed by atoms with E-state index in [4.69, 9.17) is 9.52 Å². The zero-order valence-corrected chi connectivity index (χ0v) is 11.1. The third-order valence-corrected chi connectivity index (χ3v) is 3.38. The van der Waals surface area contributed by atoms with Gasteiger partial charge in [-0.15, -0.1) is 0 Å². The Bertz CT molecular complexity index is 767. The van der Waals surface area contributed by atoms with Gasteiger partial charge in [-0.25, -0.2) is 0 Å². The van der Waals surface area contributed by atoms with Crippen molar-refractivity contribution in [2.24, 2.45) is 0 Å². The average molecular weight is 266 g/mol. The number of rotatable bonds is 3. The van der Waals surface area contributed by atoms with Gasteiger partial charge in [0.25, 0.3) is 0 Å². The lowest BCUT2D eigenvalue weighted by Crippen LogP contribution is -1.98. The van der Waals surface area contributed by atoms with Crippen LogP contribution in [0.3, 0.4) is 0 Å². The molecule has 1 heterocycles. The van der Waals surface area contributed by atoms with Crippen LogP contribution in [-0.2, 0) is 11.2 Å². The topological polar surface area (TPSA) is 50.4 Å². The van der Waals surface area contributed by atoms with E-state index in [0.717, 1.165) is 22.1 Å². The Labute approximate surface area is 116 Å². The first kappa shape index (κ1) is 12.5. The van der Waals surface area contributed by atoms with Crippen molar-refractivity contribution in [3.63, 3.8) is 0 Å². The molecule has 0 bridgehead atoms. The van der Waals surface area contributed by atoms with Gasteiger partial charge in [0.1, 0.15) is 5.58 Å². The number of hydrogen-bond donors (Lipinski definition) is 1. The Morgan fingerprint density at radius 2 is 1.80 bits per heavy atom. The molecule has 0 saturated heterocycles. The van der Waals surface area contributed by atoms with Crippen LogP contribution < -0.4 is 0 Å². The van der Waals surface area contributed by atoms with Gasteiger partial charge in [-0.05, 0) is 24.1 Å². The number of hydrogen-bond acceptors (Lipinski definition) is 2. The van der Waals surface area contributed by atoms with E-state index in [1.807, 2.05) is 18.2 Å². The van der Waals surface area contributed by atoms with Crippen molar-refractivity contribution < 1.29 is 14.3 Å². The van der Waals surface area contributed by atoms with Crippen LogP contribution >= 0.6 is 0 Å². The van der Waals surface area contributed by atoms with Crippen molar-refractivity contribution >= 4 is 16.9 Å². The summed E-state index contributed by atoms with van der Waals surface area (Å²) >= 11 is 0. The number of carbonyl (C=O) groups is 1. The van der Waals surface area contributed by atoms with Gasteiger partial charge in [0.15, 0.2) is 0 Å². The molecular formula is C17H14O3. The molecule has 3 aromatic rings. The van der Waals surface area contributed by atoms with Gasteiger partial charge in [0.05, 0.1) is 12.7 Å². The van der Waals surface area contributed by atoms with Crippen LogP contribution in [0.4, 0.5) is 0 Å². The number of furan rings is 1. The Kier molecular flexibility index (Phi) is 3.03. The normalized spacial score (nSPS) is 10.8. The van der Waals surface area contributed by atoms with E-state index in [1.54, 1.807) is 0 Å². The molecule has 0 atom stereocenters. The number of benzene rings is 2. The first-order chi connectivity index (χ1) is 9.63. The number of aryl methyl sites for hydroxylation is 1. The molecule has 0 spiro atoms. The molecule has 0 saturated carbocycles. The van der Waals surface area contributed by atoms with Crippen LogP contribution in [0.5, 0.6) is 0 Å². The Balaban J connectivity index is 2.03. The van der Waals surface area contributed by atoms with E-state index in [2.05, 4.69) is 31.2 Å². The molecule has 3 nitrogen and oxygen atoms in total. The summed E-state index contributed by atoms with van der Waals surface area (Å²) < 4.78 is 5.47. The van der Waals surface area contributed by atoms with Crippen molar-refractivity contribution in [2.75, 3.05) is 0 Å². The first-order valence-corrected chi connectivity index (χ1v) is 6.42. The Morgan fingerprint density at radius 1 is 1.10 bits per heavy atom. The number of carboxylic acids is 1. The molecule has 0 fully saturated rings. The number of aliphatic carboxylic acids is 1. The number of fused-ring (bicyclic) bond motifs is 1. The van der Waals surface area contributed by atoms with Crippen LogP contribution in [0, 0.1) is 6.92 Å². The second kappa shape index (κ2) is 4.85. The SMILES string of the molecule is Cc1ccc(-c2ccc3c(CC(=O)O)coc3c2)cc1. The molecule has 0 aliphatic heterocycles. The maximum absolute atomic E-state index is 10.8. The van der Waals surface area contributed by atoms with E-state index in [1.165, 1.54) is 11.8 Å². The molecule has 3 rings (SSSR count). The lowest BCUT2D eigenvalue weighted by molar-refractivity contribution is -0.136. The van der Waals surface area contributed by atoms with Crippen LogP contribution in [0.15, 0.2) is 53.1 Å². The van der Waals surface area contributed by atoms with Gasteiger partial charge in [-0.2, -0.15) is 0 Å². The van der Waals surface area contributed by atoms with Crippen LogP contribution in [0.1, 0.15) is 11.1 Å². The van der Waals surface area contributed by atoms with Gasteiger partial charge in [0, 0.05) is 10.9 Å². The Morgan fingerprint density at radius 3 is 2.50 bits per heavy atom. The first-order valence-electron chi connectivity index (χ1n) is 6.42. The molecule has 20 heavy (non-hydrogen) atoms. The van der Waals surface area contributed by atoms with E-state index in [9.17, 15) is 4.79 Å². The summed E-state index contributed by atoms with van der Waals surface area (Å²) in [6, 6.07) is 14.1. The van der Waals surface area contributed by atoms with E-state index < -0.39 is 5.97 Å². The maximum Gasteiger partial charge on any atom is 0.307 e. The summed E-state index contributed by atoms with van der Waals surface area (Å²) in [6.07, 6.45) is 1.51. The maximum atomic E-state index is 10.8. The summed E-state index contributed by atoms with van der Waals surface area (Å²) in [6.45, 7) is 2.05. The molecule has 3 heteroatoms. The largest absolute Gasteiger partial charge is 0.481 e. The fourth-order valence-electron chi connectivity index (χ4n) is 2.31. The molecule has 0 aliphatic rings. The smallest absolute Gasteiger partial charge is 0.307 e. The van der Waals surface area contributed by atoms with Crippen molar-refractivity contribution in [3.05, 3.63) is 59.9 Å². The average Bonchev–Trinajstić information content (AvgIpc) is 2.81. The molecule has 1 N–H and O–H groups in total. The quantitative estimate of drug-likeness (QED) is 0.778. The molecule has 1 aromatic heterocycles. The lowest BCUT2D eigenvalue weighted by Gasteiger charge is -2.02. The van der Waals surface area contributed by atoms with Gasteiger partial charge in [0.2, 0.25) is 0 Å². The van der Waals surface area contributed by atoms with Crippen molar-refractivity contribution in [1.29, 1.82) is 0 Å². The fraction of sp³-hybridized carbons (Fsp3) is 0.118. The molecule has 2 aromatic carbocycles. The molecule has 0 aliphatic carbocycles. The van der Waals surface area contributed by atoms with Crippen molar-refractivity contribution in [3.8, 4) is 11.1 Å². The zero-order chi connectivity index (χ0) is 14.1. The van der Waals surface area contributed by atoms with E-state index in [0.29, 0.717) is 5.56 Å². The Hall–Kier alpha value is -2.55. The zero-order valence-electron chi connectivity index (χ0n) is 11.1. The van der Waals surface area contributed by atoms with Crippen molar-refractivity contribution in [2.45, 2.75) is 13.3 Å². The second-order valence-corrected chi connectivity index (χ2v) is 4.91. The highest BCUT2D eigenvalue weighted by Crippen LogP contribution is 2.28. The minimum absolute atomic E-state index is 0.0170. The highest BCUT2D eigenvalue weighted by atomic mass is 16.4. The highest BCUT2D eigenvalue weighted by molar-refractivity contribution is 5.88.